The number of benzene rings is 1. The lowest BCUT2D eigenvalue weighted by molar-refractivity contribution is -0.115. The molecule has 0 saturated heterocycles. The predicted octanol–water partition coefficient (Wildman–Crippen LogP) is 1.91. The number of amides is 1. The quantitative estimate of drug-likeness (QED) is 0.920. The number of nitrogens with one attached hydrogen (secondary N) is 1. The second-order valence-electron chi connectivity index (χ2n) is 4.01. The number of sulfone groups is 1. The fourth-order valence-corrected chi connectivity index (χ4v) is 2.34. The zero-order valence-electron chi connectivity index (χ0n) is 10.5. The number of halogens is 1. The van der Waals surface area contributed by atoms with E-state index in [9.17, 15) is 13.2 Å². The second-order valence-corrected chi connectivity index (χ2v) is 6.74. The molecule has 1 atom stereocenters. The summed E-state index contributed by atoms with van der Waals surface area (Å²) in [5.74, 6) is -1.36. The maximum absolute atomic E-state index is 11.9. The number of carbonyl (C=O) groups is 1. The van der Waals surface area contributed by atoms with Gasteiger partial charge in [-0.3, -0.25) is 4.79 Å². The maximum atomic E-state index is 11.9. The Morgan fingerprint density at radius 2 is 2.16 bits per heavy atom. The molecule has 0 aliphatic carbocycles. The topological polar surface area (TPSA) is 87.0 Å². The second kappa shape index (κ2) is 6.04. The van der Waals surface area contributed by atoms with E-state index in [0.717, 1.165) is 0 Å². The third-order valence-electron chi connectivity index (χ3n) is 2.70. The van der Waals surface area contributed by atoms with Crippen molar-refractivity contribution in [1.29, 1.82) is 5.26 Å². The molecule has 1 aromatic carbocycles. The minimum Gasteiger partial charge on any atom is -0.325 e. The van der Waals surface area contributed by atoms with Gasteiger partial charge in [-0.1, -0.05) is 17.7 Å². The number of hydrogen-bond donors (Lipinski definition) is 1. The SMILES string of the molecule is Cc1c(Cl)cccc1NC(=O)C(C)S(=O)(=O)CC#N. The van der Waals surface area contributed by atoms with Crippen molar-refractivity contribution >= 4 is 33.0 Å². The highest BCUT2D eigenvalue weighted by Gasteiger charge is 2.28. The Bertz CT molecular complexity index is 635. The van der Waals surface area contributed by atoms with E-state index in [1.54, 1.807) is 25.1 Å². The Labute approximate surface area is 117 Å². The van der Waals surface area contributed by atoms with Gasteiger partial charge in [0.15, 0.2) is 9.84 Å². The fourth-order valence-electron chi connectivity index (χ4n) is 1.36. The molecule has 7 heteroatoms. The van der Waals surface area contributed by atoms with Crippen molar-refractivity contribution in [3.8, 4) is 6.07 Å². The highest BCUT2D eigenvalue weighted by Crippen LogP contribution is 2.23. The summed E-state index contributed by atoms with van der Waals surface area (Å²) in [5, 5.41) is 10.1. The van der Waals surface area contributed by atoms with E-state index in [-0.39, 0.29) is 0 Å². The van der Waals surface area contributed by atoms with Gasteiger partial charge >= 0.3 is 0 Å². The van der Waals surface area contributed by atoms with Crippen molar-refractivity contribution in [1.82, 2.24) is 0 Å². The van der Waals surface area contributed by atoms with Crippen LogP contribution in [0, 0.1) is 18.3 Å². The number of rotatable bonds is 4. The van der Waals surface area contributed by atoms with Crippen molar-refractivity contribution in [3.63, 3.8) is 0 Å². The molecule has 19 heavy (non-hydrogen) atoms. The molecule has 1 aromatic rings. The molecule has 1 N–H and O–H groups in total. The van der Waals surface area contributed by atoms with Gasteiger partial charge in [0.1, 0.15) is 11.0 Å². The maximum Gasteiger partial charge on any atom is 0.242 e. The molecule has 1 rings (SSSR count). The lowest BCUT2D eigenvalue weighted by atomic mass is 10.2. The van der Waals surface area contributed by atoms with E-state index < -0.39 is 26.7 Å². The Morgan fingerprint density at radius 3 is 2.74 bits per heavy atom. The van der Waals surface area contributed by atoms with Crippen LogP contribution in [0.1, 0.15) is 12.5 Å². The molecule has 0 aliphatic rings. The van der Waals surface area contributed by atoms with E-state index in [0.29, 0.717) is 16.3 Å². The van der Waals surface area contributed by atoms with Crippen molar-refractivity contribution in [2.24, 2.45) is 0 Å². The van der Waals surface area contributed by atoms with Crippen LogP contribution in [0.3, 0.4) is 0 Å². The lowest BCUT2D eigenvalue weighted by Gasteiger charge is -2.13. The first-order valence-electron chi connectivity index (χ1n) is 5.44. The molecule has 102 valence electrons. The molecular formula is C12H13ClN2O3S. The molecule has 0 radical (unpaired) electrons. The van der Waals surface area contributed by atoms with E-state index in [2.05, 4.69) is 5.32 Å². The van der Waals surface area contributed by atoms with Gasteiger partial charge in [0.25, 0.3) is 0 Å². The number of nitrogens with zero attached hydrogens (tertiary/aromatic N) is 1. The normalized spacial score (nSPS) is 12.5. The molecule has 5 nitrogen and oxygen atoms in total. The monoisotopic (exact) mass is 300 g/mol. The predicted molar refractivity (Wildman–Crippen MR) is 73.7 cm³/mol. The summed E-state index contributed by atoms with van der Waals surface area (Å²) in [7, 11) is -3.76. The number of nitriles is 1. The highest BCUT2D eigenvalue weighted by molar-refractivity contribution is 7.92. The van der Waals surface area contributed by atoms with Crippen LogP contribution in [0.25, 0.3) is 0 Å². The molecule has 0 heterocycles. The van der Waals surface area contributed by atoms with Gasteiger partial charge in [-0.05, 0) is 31.5 Å². The summed E-state index contributed by atoms with van der Waals surface area (Å²) in [5.41, 5.74) is 1.11. The number of carbonyl (C=O) groups excluding carboxylic acids is 1. The zero-order valence-corrected chi connectivity index (χ0v) is 12.0. The summed E-state index contributed by atoms with van der Waals surface area (Å²) in [6.45, 7) is 2.97. The molecule has 0 bridgehead atoms. The fraction of sp³-hybridized carbons (Fsp3) is 0.333. The Balaban J connectivity index is 2.92. The molecule has 0 spiro atoms. The van der Waals surface area contributed by atoms with Crippen molar-refractivity contribution in [2.45, 2.75) is 19.1 Å². The summed E-state index contributed by atoms with van der Waals surface area (Å²) >= 11 is 5.90. The largest absolute Gasteiger partial charge is 0.325 e. The third kappa shape index (κ3) is 3.69. The minimum absolute atomic E-state index is 0.455. The van der Waals surface area contributed by atoms with Crippen LogP contribution in [-0.2, 0) is 14.6 Å². The van der Waals surface area contributed by atoms with Crippen molar-refractivity contribution < 1.29 is 13.2 Å². The average molecular weight is 301 g/mol. The third-order valence-corrected chi connectivity index (χ3v) is 4.93. The Hall–Kier alpha value is -1.58. The number of anilines is 1. The summed E-state index contributed by atoms with van der Waals surface area (Å²) in [6, 6.07) is 6.49. The lowest BCUT2D eigenvalue weighted by Crippen LogP contribution is -2.34. The first kappa shape index (κ1) is 15.5. The van der Waals surface area contributed by atoms with Crippen LogP contribution in [0.4, 0.5) is 5.69 Å². The van der Waals surface area contributed by atoms with Crippen LogP contribution in [-0.4, -0.2) is 25.3 Å². The van der Waals surface area contributed by atoms with Gasteiger partial charge in [-0.2, -0.15) is 5.26 Å². The van der Waals surface area contributed by atoms with Crippen LogP contribution in [0.5, 0.6) is 0 Å². The smallest absolute Gasteiger partial charge is 0.242 e. The summed E-state index contributed by atoms with van der Waals surface area (Å²) in [4.78, 5) is 11.9. The standard InChI is InChI=1S/C12H13ClN2O3S/c1-8-10(13)4-3-5-11(8)15-12(16)9(2)19(17,18)7-6-14/h3-5,9H,7H2,1-2H3,(H,15,16). The van der Waals surface area contributed by atoms with E-state index in [1.807, 2.05) is 0 Å². The highest BCUT2D eigenvalue weighted by atomic mass is 35.5. The van der Waals surface area contributed by atoms with Crippen LogP contribution >= 0.6 is 11.6 Å². The first-order valence-corrected chi connectivity index (χ1v) is 7.53. The van der Waals surface area contributed by atoms with Gasteiger partial charge in [0.2, 0.25) is 5.91 Å². The molecular weight excluding hydrogens is 288 g/mol. The molecule has 0 aromatic heterocycles. The summed E-state index contributed by atoms with van der Waals surface area (Å²) < 4.78 is 23.2. The Morgan fingerprint density at radius 1 is 1.53 bits per heavy atom. The zero-order chi connectivity index (χ0) is 14.6. The molecule has 1 unspecified atom stereocenters. The molecule has 0 saturated carbocycles. The Kier molecular flexibility index (Phi) is 4.92. The summed E-state index contributed by atoms with van der Waals surface area (Å²) in [6.07, 6.45) is 0. The molecule has 0 fully saturated rings. The van der Waals surface area contributed by atoms with Crippen LogP contribution in [0.2, 0.25) is 5.02 Å². The van der Waals surface area contributed by atoms with Gasteiger partial charge in [-0.25, -0.2) is 8.42 Å². The number of hydrogen-bond acceptors (Lipinski definition) is 4. The molecule has 1 amide bonds. The van der Waals surface area contributed by atoms with E-state index in [1.165, 1.54) is 13.0 Å². The van der Waals surface area contributed by atoms with Gasteiger partial charge < -0.3 is 5.32 Å². The van der Waals surface area contributed by atoms with Crippen molar-refractivity contribution in [3.05, 3.63) is 28.8 Å². The first-order chi connectivity index (χ1) is 8.79. The van der Waals surface area contributed by atoms with Crippen molar-refractivity contribution in [2.75, 3.05) is 11.1 Å². The van der Waals surface area contributed by atoms with Crippen LogP contribution < -0.4 is 5.32 Å². The van der Waals surface area contributed by atoms with E-state index in [4.69, 9.17) is 16.9 Å². The average Bonchev–Trinajstić information content (AvgIpc) is 2.33. The van der Waals surface area contributed by atoms with Gasteiger partial charge in [0.05, 0.1) is 6.07 Å². The van der Waals surface area contributed by atoms with Gasteiger partial charge in [-0.15, -0.1) is 0 Å². The van der Waals surface area contributed by atoms with E-state index >= 15 is 0 Å². The van der Waals surface area contributed by atoms with Crippen LogP contribution in [0.15, 0.2) is 18.2 Å². The van der Waals surface area contributed by atoms with Gasteiger partial charge in [0, 0.05) is 10.7 Å². The molecule has 0 aliphatic heterocycles. The minimum atomic E-state index is -3.76.